The smallest absolute Gasteiger partial charge is 0.198 e. The van der Waals surface area contributed by atoms with E-state index in [2.05, 4.69) is 0 Å². The fraction of sp³-hybridized carbons (Fsp3) is 0.571. The second-order valence-corrected chi connectivity index (χ2v) is 2.67. The molecule has 0 aliphatic heterocycles. The van der Waals surface area contributed by atoms with Crippen LogP contribution in [-0.4, -0.2) is 10.9 Å². The van der Waals surface area contributed by atoms with Crippen LogP contribution in [0.25, 0.3) is 0 Å². The summed E-state index contributed by atoms with van der Waals surface area (Å²) in [5.74, 6) is 0. The number of aromatic nitrogens is 2. The number of nitrogens with zero attached hydrogens (tertiary/aromatic N) is 2. The highest BCUT2D eigenvalue weighted by Gasteiger charge is 2.26. The predicted octanol–water partition coefficient (Wildman–Crippen LogP) is -0.0964. The van der Waals surface area contributed by atoms with Crippen molar-refractivity contribution in [2.45, 2.75) is 18.9 Å². The molecule has 0 radical (unpaired) electrons. The molecular weight excluding hydrogens is 128 g/mol. The van der Waals surface area contributed by atoms with E-state index in [-0.39, 0.29) is 0 Å². The summed E-state index contributed by atoms with van der Waals surface area (Å²) in [6.07, 6.45) is 6.76. The Kier molecular flexibility index (Phi) is 1.16. The van der Waals surface area contributed by atoms with Gasteiger partial charge in [0.25, 0.3) is 0 Å². The van der Waals surface area contributed by atoms with E-state index in [4.69, 9.17) is 4.84 Å². The van der Waals surface area contributed by atoms with E-state index in [0.29, 0.717) is 6.10 Å². The lowest BCUT2D eigenvalue weighted by molar-refractivity contribution is -0.779. The number of hydrogen-bond acceptors (Lipinski definition) is 1. The van der Waals surface area contributed by atoms with Gasteiger partial charge >= 0.3 is 0 Å². The lowest BCUT2D eigenvalue weighted by Gasteiger charge is -1.98. The van der Waals surface area contributed by atoms with Gasteiger partial charge in [-0.3, -0.25) is 0 Å². The first-order valence-electron chi connectivity index (χ1n) is 3.57. The summed E-state index contributed by atoms with van der Waals surface area (Å²) in [5, 5.41) is 0. The number of rotatable bonds is 2. The number of hydrogen-bond donors (Lipinski definition) is 0. The second kappa shape index (κ2) is 2.01. The first-order chi connectivity index (χ1) is 4.86. The molecule has 10 heavy (non-hydrogen) atoms. The molecule has 0 atom stereocenters. The highest BCUT2D eigenvalue weighted by molar-refractivity contribution is 4.75. The zero-order valence-electron chi connectivity index (χ0n) is 6.03. The minimum atomic E-state index is 0.471. The fourth-order valence-corrected chi connectivity index (χ4v) is 0.843. The van der Waals surface area contributed by atoms with Crippen molar-refractivity contribution in [3.8, 4) is 0 Å². The van der Waals surface area contributed by atoms with Gasteiger partial charge in [0.1, 0.15) is 12.3 Å². The van der Waals surface area contributed by atoms with Crippen molar-refractivity contribution >= 4 is 0 Å². The molecule has 0 saturated heterocycles. The zero-order chi connectivity index (χ0) is 6.97. The molecule has 3 nitrogen and oxygen atoms in total. The third-order valence-electron chi connectivity index (χ3n) is 1.61. The van der Waals surface area contributed by atoms with E-state index in [9.17, 15) is 0 Å². The standard InChI is InChI=1S/C7H11N2O/c1-8-5-2-6-9(8)10-7-3-4-7/h2,5-7H,3-4H2,1H3/q+1. The van der Waals surface area contributed by atoms with E-state index < -0.39 is 0 Å². The molecule has 1 aromatic heterocycles. The molecule has 0 amide bonds. The second-order valence-electron chi connectivity index (χ2n) is 2.67. The van der Waals surface area contributed by atoms with Crippen molar-refractivity contribution in [2.24, 2.45) is 7.05 Å². The SMILES string of the molecule is C[n+]1cccn1OC1CC1. The predicted molar refractivity (Wildman–Crippen MR) is 35.2 cm³/mol. The first-order valence-corrected chi connectivity index (χ1v) is 3.57. The van der Waals surface area contributed by atoms with Crippen LogP contribution in [0.15, 0.2) is 18.5 Å². The summed E-state index contributed by atoms with van der Waals surface area (Å²) in [5.41, 5.74) is 0. The summed E-state index contributed by atoms with van der Waals surface area (Å²) >= 11 is 0. The third kappa shape index (κ3) is 0.988. The van der Waals surface area contributed by atoms with E-state index in [1.807, 2.05) is 30.2 Å². The molecule has 1 aromatic rings. The molecule has 1 saturated carbocycles. The van der Waals surface area contributed by atoms with Gasteiger partial charge in [-0.2, -0.15) is 0 Å². The van der Waals surface area contributed by atoms with Crippen LogP contribution >= 0.6 is 0 Å². The van der Waals surface area contributed by atoms with E-state index in [1.165, 1.54) is 12.8 Å². The molecule has 1 aliphatic rings. The van der Waals surface area contributed by atoms with Gasteiger partial charge in [0.15, 0.2) is 13.2 Å². The maximum atomic E-state index is 5.48. The van der Waals surface area contributed by atoms with Gasteiger partial charge in [-0.05, 0) is 12.8 Å². The van der Waals surface area contributed by atoms with Crippen molar-refractivity contribution in [1.82, 2.24) is 4.85 Å². The molecule has 3 heteroatoms. The Morgan fingerprint density at radius 1 is 1.60 bits per heavy atom. The molecule has 0 bridgehead atoms. The summed E-state index contributed by atoms with van der Waals surface area (Å²) in [7, 11) is 1.96. The van der Waals surface area contributed by atoms with Crippen LogP contribution in [0, 0.1) is 0 Å². The summed E-state index contributed by atoms with van der Waals surface area (Å²) in [4.78, 5) is 7.24. The molecule has 0 N–H and O–H groups in total. The molecular formula is C7H11N2O+. The van der Waals surface area contributed by atoms with Crippen LogP contribution < -0.4 is 9.52 Å². The lowest BCUT2D eigenvalue weighted by Crippen LogP contribution is -2.42. The Balaban J connectivity index is 2.08. The highest BCUT2D eigenvalue weighted by atomic mass is 16.7. The van der Waals surface area contributed by atoms with Crippen LogP contribution in [0.1, 0.15) is 12.8 Å². The largest absolute Gasteiger partial charge is 0.365 e. The van der Waals surface area contributed by atoms with E-state index in [1.54, 1.807) is 4.85 Å². The Morgan fingerprint density at radius 2 is 2.40 bits per heavy atom. The van der Waals surface area contributed by atoms with Gasteiger partial charge in [-0.25, -0.2) is 0 Å². The summed E-state index contributed by atoms with van der Waals surface area (Å²) < 4.78 is 1.92. The maximum Gasteiger partial charge on any atom is 0.198 e. The molecule has 1 aliphatic carbocycles. The van der Waals surface area contributed by atoms with E-state index >= 15 is 0 Å². The van der Waals surface area contributed by atoms with Crippen LogP contribution in [0.2, 0.25) is 0 Å². The topological polar surface area (TPSA) is 18.0 Å². The van der Waals surface area contributed by atoms with Gasteiger partial charge < -0.3 is 4.84 Å². The van der Waals surface area contributed by atoms with Gasteiger partial charge in [0, 0.05) is 10.9 Å². The molecule has 0 spiro atoms. The summed E-state index contributed by atoms with van der Waals surface area (Å²) in [6.45, 7) is 0. The molecule has 0 unspecified atom stereocenters. The maximum absolute atomic E-state index is 5.48. The molecule has 1 heterocycles. The zero-order valence-corrected chi connectivity index (χ0v) is 6.03. The van der Waals surface area contributed by atoms with E-state index in [0.717, 1.165) is 0 Å². The highest BCUT2D eigenvalue weighted by Crippen LogP contribution is 2.19. The minimum Gasteiger partial charge on any atom is -0.365 e. The molecule has 2 rings (SSSR count). The monoisotopic (exact) mass is 139 g/mol. The van der Waals surface area contributed by atoms with Gasteiger partial charge in [-0.15, -0.1) is 0 Å². The van der Waals surface area contributed by atoms with Gasteiger partial charge in [-0.1, -0.05) is 4.68 Å². The van der Waals surface area contributed by atoms with Gasteiger partial charge in [0.2, 0.25) is 0 Å². The number of aryl methyl sites for hydroxylation is 1. The average Bonchev–Trinajstić information content (AvgIpc) is 2.62. The Bertz CT molecular complexity index is 227. The Morgan fingerprint density at radius 3 is 2.90 bits per heavy atom. The van der Waals surface area contributed by atoms with Crippen LogP contribution in [-0.2, 0) is 7.05 Å². The molecule has 0 aromatic carbocycles. The van der Waals surface area contributed by atoms with Crippen LogP contribution in [0.3, 0.4) is 0 Å². The fourth-order valence-electron chi connectivity index (χ4n) is 0.843. The van der Waals surface area contributed by atoms with Crippen molar-refractivity contribution in [3.05, 3.63) is 18.5 Å². The van der Waals surface area contributed by atoms with Gasteiger partial charge in [0.05, 0.1) is 0 Å². The lowest BCUT2D eigenvalue weighted by atomic mass is 10.8. The Hall–Kier alpha value is -0.990. The van der Waals surface area contributed by atoms with Crippen molar-refractivity contribution in [1.29, 1.82) is 0 Å². The quantitative estimate of drug-likeness (QED) is 0.523. The van der Waals surface area contributed by atoms with Crippen molar-refractivity contribution in [3.63, 3.8) is 0 Å². The normalized spacial score (nSPS) is 17.3. The minimum absolute atomic E-state index is 0.471. The Labute approximate surface area is 59.8 Å². The van der Waals surface area contributed by atoms with Crippen molar-refractivity contribution in [2.75, 3.05) is 0 Å². The summed E-state index contributed by atoms with van der Waals surface area (Å²) in [6, 6.07) is 1.96. The van der Waals surface area contributed by atoms with Crippen LogP contribution in [0.5, 0.6) is 0 Å². The molecule has 54 valence electrons. The first kappa shape index (κ1) is 5.77. The van der Waals surface area contributed by atoms with Crippen molar-refractivity contribution < 1.29 is 9.52 Å². The average molecular weight is 139 g/mol. The third-order valence-corrected chi connectivity index (χ3v) is 1.61. The molecule has 1 fully saturated rings. The van der Waals surface area contributed by atoms with Crippen LogP contribution in [0.4, 0.5) is 0 Å².